The Hall–Kier alpha value is -4.42. The van der Waals surface area contributed by atoms with Crippen LogP contribution < -0.4 is 10.1 Å². The van der Waals surface area contributed by atoms with Crippen LogP contribution in [0.3, 0.4) is 0 Å². The maximum absolute atomic E-state index is 13.4. The maximum Gasteiger partial charge on any atom is 0.401 e. The summed E-state index contributed by atoms with van der Waals surface area (Å²) in [7, 11) is 0. The highest BCUT2D eigenvalue weighted by Crippen LogP contribution is 2.59. The van der Waals surface area contributed by atoms with E-state index in [1.807, 2.05) is 6.92 Å². The summed E-state index contributed by atoms with van der Waals surface area (Å²) in [5.41, 5.74) is 0.0989. The van der Waals surface area contributed by atoms with E-state index in [1.165, 1.54) is 24.0 Å². The highest BCUT2D eigenvalue weighted by molar-refractivity contribution is 5.98. The summed E-state index contributed by atoms with van der Waals surface area (Å²) in [5.74, 6) is 0.468. The number of nitrogens with zero attached hydrogens (tertiary/aromatic N) is 5. The number of alkyl halides is 3. The van der Waals surface area contributed by atoms with E-state index in [-0.39, 0.29) is 36.4 Å². The van der Waals surface area contributed by atoms with Gasteiger partial charge in [0.1, 0.15) is 17.5 Å². The van der Waals surface area contributed by atoms with Gasteiger partial charge in [0.15, 0.2) is 11.6 Å². The van der Waals surface area contributed by atoms with E-state index in [9.17, 15) is 22.8 Å². The first-order valence-electron chi connectivity index (χ1n) is 12.3. The molecule has 0 unspecified atom stereocenters. The SMILES string of the molecule is CC(=O)N1Cc2ncnc(Oc3ccc4c(ccn4C(=O)Nc4cc(C5(C(F)(F)F)CC5)on4)c3)c2C[C@@H]1C. The van der Waals surface area contributed by atoms with Gasteiger partial charge in [-0.3, -0.25) is 14.7 Å². The van der Waals surface area contributed by atoms with E-state index in [4.69, 9.17) is 9.26 Å². The second kappa shape index (κ2) is 8.82. The summed E-state index contributed by atoms with van der Waals surface area (Å²) in [6, 6.07) is 7.32. The number of benzene rings is 1. The first-order chi connectivity index (χ1) is 18.6. The highest BCUT2D eigenvalue weighted by atomic mass is 19.4. The molecule has 1 N–H and O–H groups in total. The van der Waals surface area contributed by atoms with Crippen LogP contribution in [0.2, 0.25) is 0 Å². The van der Waals surface area contributed by atoms with Gasteiger partial charge in [-0.2, -0.15) is 13.2 Å². The lowest BCUT2D eigenvalue weighted by atomic mass is 9.99. The molecule has 202 valence electrons. The minimum atomic E-state index is -4.44. The number of anilines is 1. The second-order valence-electron chi connectivity index (χ2n) is 9.90. The molecule has 39 heavy (non-hydrogen) atoms. The molecule has 0 spiro atoms. The molecule has 2 aliphatic rings. The Labute approximate surface area is 219 Å². The molecule has 4 aromatic rings. The zero-order valence-electron chi connectivity index (χ0n) is 21.0. The predicted molar refractivity (Wildman–Crippen MR) is 131 cm³/mol. The molecule has 6 rings (SSSR count). The van der Waals surface area contributed by atoms with Gasteiger partial charge in [0.05, 0.1) is 17.8 Å². The number of carbonyl (C=O) groups is 2. The molecule has 1 saturated carbocycles. The molecule has 0 radical (unpaired) electrons. The zero-order chi connectivity index (χ0) is 27.5. The van der Waals surface area contributed by atoms with E-state index >= 15 is 0 Å². The van der Waals surface area contributed by atoms with Crippen molar-refractivity contribution in [3.63, 3.8) is 0 Å². The molecule has 1 aliphatic heterocycles. The Morgan fingerprint density at radius 3 is 2.69 bits per heavy atom. The van der Waals surface area contributed by atoms with Gasteiger partial charge in [-0.1, -0.05) is 5.16 Å². The van der Waals surface area contributed by atoms with Crippen molar-refractivity contribution in [2.75, 3.05) is 5.32 Å². The fraction of sp³-hybridized carbons (Fsp3) is 0.346. The van der Waals surface area contributed by atoms with Crippen LogP contribution in [0.15, 0.2) is 47.4 Å². The first-order valence-corrected chi connectivity index (χ1v) is 12.3. The summed E-state index contributed by atoms with van der Waals surface area (Å²) in [6.07, 6.45) is -1.09. The quantitative estimate of drug-likeness (QED) is 0.379. The molecule has 1 fully saturated rings. The topological polar surface area (TPSA) is 115 Å². The van der Waals surface area contributed by atoms with Crippen LogP contribution >= 0.6 is 0 Å². The summed E-state index contributed by atoms with van der Waals surface area (Å²) >= 11 is 0. The molecule has 1 aliphatic carbocycles. The molecular formula is C26H23F3N6O4. The van der Waals surface area contributed by atoms with Gasteiger partial charge in [0, 0.05) is 36.2 Å². The van der Waals surface area contributed by atoms with Crippen molar-refractivity contribution in [1.82, 2.24) is 24.6 Å². The standard InChI is InChI=1S/C26H23F3N6O4/c1-14-9-18-19(12-35(14)15(2)36)30-13-31-23(18)38-17-3-4-20-16(10-17)5-8-34(20)24(37)32-22-11-21(39-33-22)25(6-7-25)26(27,28)29/h3-5,8,10-11,13-14H,6-7,9,12H2,1-2H3,(H,32,33,37)/t14-/m0/s1. The van der Waals surface area contributed by atoms with E-state index in [0.717, 1.165) is 17.3 Å². The van der Waals surface area contributed by atoms with Crippen molar-refractivity contribution in [3.05, 3.63) is 59.9 Å². The van der Waals surface area contributed by atoms with E-state index in [1.54, 1.807) is 29.2 Å². The summed E-state index contributed by atoms with van der Waals surface area (Å²) in [5, 5.41) is 6.79. The van der Waals surface area contributed by atoms with Crippen molar-refractivity contribution in [2.45, 2.75) is 57.3 Å². The third kappa shape index (κ3) is 4.27. The zero-order valence-corrected chi connectivity index (χ0v) is 21.0. The molecule has 13 heteroatoms. The summed E-state index contributed by atoms with van der Waals surface area (Å²) in [4.78, 5) is 35.2. The number of amides is 2. The van der Waals surface area contributed by atoms with Crippen LogP contribution in [-0.4, -0.2) is 48.7 Å². The van der Waals surface area contributed by atoms with Crippen LogP contribution in [-0.2, 0) is 23.2 Å². The van der Waals surface area contributed by atoms with Crippen LogP contribution in [0.5, 0.6) is 11.6 Å². The molecule has 0 bridgehead atoms. The van der Waals surface area contributed by atoms with Gasteiger partial charge < -0.3 is 14.2 Å². The summed E-state index contributed by atoms with van der Waals surface area (Å²) < 4.78 is 52.4. The Morgan fingerprint density at radius 1 is 1.18 bits per heavy atom. The number of ether oxygens (including phenoxy) is 1. The molecule has 1 aromatic carbocycles. The number of fused-ring (bicyclic) bond motifs is 2. The molecule has 0 saturated heterocycles. The Balaban J connectivity index is 1.19. The van der Waals surface area contributed by atoms with E-state index in [0.29, 0.717) is 35.5 Å². The molecular weight excluding hydrogens is 517 g/mol. The fourth-order valence-corrected chi connectivity index (χ4v) is 5.00. The van der Waals surface area contributed by atoms with Crippen LogP contribution in [0.25, 0.3) is 10.9 Å². The van der Waals surface area contributed by atoms with Crippen LogP contribution in [0.1, 0.15) is 43.7 Å². The van der Waals surface area contributed by atoms with E-state index < -0.39 is 17.6 Å². The van der Waals surface area contributed by atoms with Crippen LogP contribution in [0.4, 0.5) is 23.8 Å². The summed E-state index contributed by atoms with van der Waals surface area (Å²) in [6.45, 7) is 3.87. The predicted octanol–water partition coefficient (Wildman–Crippen LogP) is 5.18. The van der Waals surface area contributed by atoms with E-state index in [2.05, 4.69) is 20.4 Å². The smallest absolute Gasteiger partial charge is 0.401 e. The maximum atomic E-state index is 13.4. The van der Waals surface area contributed by atoms with Gasteiger partial charge in [-0.15, -0.1) is 0 Å². The molecule has 2 amide bonds. The monoisotopic (exact) mass is 540 g/mol. The number of hydrogen-bond donors (Lipinski definition) is 1. The van der Waals surface area contributed by atoms with Crippen LogP contribution in [0, 0.1) is 0 Å². The number of aromatic nitrogens is 4. The second-order valence-corrected chi connectivity index (χ2v) is 9.90. The van der Waals surface area contributed by atoms with Crippen molar-refractivity contribution in [2.24, 2.45) is 0 Å². The first kappa shape index (κ1) is 24.9. The molecule has 1 atom stereocenters. The number of hydrogen-bond acceptors (Lipinski definition) is 7. The molecule has 3 aromatic heterocycles. The highest BCUT2D eigenvalue weighted by Gasteiger charge is 2.66. The Bertz CT molecular complexity index is 1610. The Morgan fingerprint density at radius 2 is 1.97 bits per heavy atom. The number of rotatable bonds is 4. The normalized spacial score (nSPS) is 18.1. The van der Waals surface area contributed by atoms with Crippen molar-refractivity contribution >= 4 is 28.7 Å². The van der Waals surface area contributed by atoms with Gasteiger partial charge in [0.2, 0.25) is 11.8 Å². The lowest BCUT2D eigenvalue weighted by Crippen LogP contribution is -2.41. The number of carbonyl (C=O) groups excluding carboxylic acids is 2. The van der Waals surface area contributed by atoms with Gasteiger partial charge in [-0.05, 0) is 50.5 Å². The largest absolute Gasteiger partial charge is 0.439 e. The lowest BCUT2D eigenvalue weighted by molar-refractivity contribution is -0.165. The average Bonchev–Trinajstić information content (AvgIpc) is 3.41. The molecule has 10 nitrogen and oxygen atoms in total. The van der Waals surface area contributed by atoms with Gasteiger partial charge in [0.25, 0.3) is 0 Å². The minimum absolute atomic E-state index is 0.0228. The average molecular weight is 541 g/mol. The van der Waals surface area contributed by atoms with Crippen molar-refractivity contribution in [1.29, 1.82) is 0 Å². The molecule has 4 heterocycles. The van der Waals surface area contributed by atoms with Crippen molar-refractivity contribution in [3.8, 4) is 11.6 Å². The third-order valence-corrected chi connectivity index (χ3v) is 7.36. The lowest BCUT2D eigenvalue weighted by Gasteiger charge is -2.33. The number of halogens is 3. The van der Waals surface area contributed by atoms with Gasteiger partial charge in [-0.25, -0.2) is 14.8 Å². The van der Waals surface area contributed by atoms with Gasteiger partial charge >= 0.3 is 12.2 Å². The van der Waals surface area contributed by atoms with Crippen molar-refractivity contribution < 1.29 is 32.0 Å². The number of nitrogens with one attached hydrogen (secondary N) is 1. The fourth-order valence-electron chi connectivity index (χ4n) is 5.00. The Kier molecular flexibility index (Phi) is 5.63. The minimum Gasteiger partial charge on any atom is -0.439 e. The third-order valence-electron chi connectivity index (χ3n) is 7.36.